The number of hydrogen-bond acceptors (Lipinski definition) is 5. The topological polar surface area (TPSA) is 113 Å². The van der Waals surface area contributed by atoms with Gasteiger partial charge < -0.3 is 15.5 Å². The van der Waals surface area contributed by atoms with Crippen LogP contribution in [0.15, 0.2) is 18.2 Å². The molecule has 104 valence electrons. The molecule has 7 nitrogen and oxygen atoms in total. The maximum Gasteiger partial charge on any atom is 0.335 e. The number of aliphatic hydroxyl groups is 1. The molecule has 0 bridgehead atoms. The number of nitrogens with zero attached hydrogens (tertiary/aromatic N) is 1. The van der Waals surface area contributed by atoms with E-state index in [1.807, 2.05) is 13.8 Å². The minimum Gasteiger partial charge on any atom is -0.478 e. The van der Waals surface area contributed by atoms with Crippen molar-refractivity contribution >= 4 is 17.3 Å². The van der Waals surface area contributed by atoms with E-state index in [2.05, 4.69) is 5.32 Å². The Labute approximate surface area is 110 Å². The summed E-state index contributed by atoms with van der Waals surface area (Å²) < 4.78 is 0. The van der Waals surface area contributed by atoms with Crippen molar-refractivity contribution < 1.29 is 19.9 Å². The third kappa shape index (κ3) is 3.65. The van der Waals surface area contributed by atoms with Gasteiger partial charge >= 0.3 is 5.97 Å². The van der Waals surface area contributed by atoms with Gasteiger partial charge in [-0.3, -0.25) is 10.1 Å². The number of anilines is 1. The van der Waals surface area contributed by atoms with Gasteiger partial charge in [-0.25, -0.2) is 4.79 Å². The van der Waals surface area contributed by atoms with Crippen LogP contribution in [0.2, 0.25) is 0 Å². The Hall–Kier alpha value is -2.15. The van der Waals surface area contributed by atoms with Crippen molar-refractivity contribution in [2.75, 3.05) is 11.9 Å². The van der Waals surface area contributed by atoms with E-state index < -0.39 is 10.9 Å². The van der Waals surface area contributed by atoms with E-state index in [1.54, 1.807) is 0 Å². The smallest absolute Gasteiger partial charge is 0.335 e. The summed E-state index contributed by atoms with van der Waals surface area (Å²) in [4.78, 5) is 21.1. The van der Waals surface area contributed by atoms with E-state index in [0.29, 0.717) is 0 Å². The molecule has 0 aliphatic carbocycles. The monoisotopic (exact) mass is 268 g/mol. The number of nitro benzene ring substituents is 1. The average molecular weight is 268 g/mol. The van der Waals surface area contributed by atoms with Crippen LogP contribution in [0, 0.1) is 16.0 Å². The molecule has 0 saturated carbocycles. The van der Waals surface area contributed by atoms with Crippen LogP contribution in [0.5, 0.6) is 0 Å². The highest BCUT2D eigenvalue weighted by atomic mass is 16.6. The lowest BCUT2D eigenvalue weighted by Gasteiger charge is -2.21. The van der Waals surface area contributed by atoms with Crippen LogP contribution in [-0.2, 0) is 0 Å². The van der Waals surface area contributed by atoms with Gasteiger partial charge in [0.1, 0.15) is 5.69 Å². The van der Waals surface area contributed by atoms with E-state index >= 15 is 0 Å². The summed E-state index contributed by atoms with van der Waals surface area (Å²) in [6.07, 6.45) is 0. The summed E-state index contributed by atoms with van der Waals surface area (Å²) in [5.41, 5.74) is -0.274. The molecule has 1 unspecified atom stereocenters. The summed E-state index contributed by atoms with van der Waals surface area (Å²) in [6.45, 7) is 3.56. The minimum absolute atomic E-state index is 0.0729. The lowest BCUT2D eigenvalue weighted by molar-refractivity contribution is -0.384. The summed E-state index contributed by atoms with van der Waals surface area (Å²) in [5.74, 6) is -1.15. The molecule has 1 aromatic carbocycles. The van der Waals surface area contributed by atoms with Crippen molar-refractivity contribution in [1.82, 2.24) is 0 Å². The Morgan fingerprint density at radius 3 is 2.53 bits per heavy atom. The third-order valence-corrected chi connectivity index (χ3v) is 2.78. The lowest BCUT2D eigenvalue weighted by Crippen LogP contribution is -2.29. The summed E-state index contributed by atoms with van der Waals surface area (Å²) in [6, 6.07) is 3.28. The molecule has 0 heterocycles. The van der Waals surface area contributed by atoms with Crippen LogP contribution in [-0.4, -0.2) is 33.8 Å². The van der Waals surface area contributed by atoms with Gasteiger partial charge in [0.2, 0.25) is 0 Å². The molecule has 0 amide bonds. The molecule has 1 aromatic rings. The Morgan fingerprint density at radius 2 is 2.11 bits per heavy atom. The fourth-order valence-corrected chi connectivity index (χ4v) is 1.56. The SMILES string of the molecule is CC(C)C(CO)Nc1ccc(C(=O)O)cc1[N+](=O)[O-]. The van der Waals surface area contributed by atoms with Crippen molar-refractivity contribution in [3.63, 3.8) is 0 Å². The number of carboxylic acid groups (broad SMARTS) is 1. The number of hydrogen-bond donors (Lipinski definition) is 3. The predicted molar refractivity (Wildman–Crippen MR) is 69.4 cm³/mol. The van der Waals surface area contributed by atoms with Crippen LogP contribution in [0.4, 0.5) is 11.4 Å². The summed E-state index contributed by atoms with van der Waals surface area (Å²) in [7, 11) is 0. The van der Waals surface area contributed by atoms with Gasteiger partial charge in [-0.05, 0) is 18.1 Å². The van der Waals surface area contributed by atoms with E-state index in [0.717, 1.165) is 6.07 Å². The van der Waals surface area contributed by atoms with Crippen molar-refractivity contribution in [3.05, 3.63) is 33.9 Å². The Kier molecular flexibility index (Phi) is 4.82. The fraction of sp³-hybridized carbons (Fsp3) is 0.417. The number of carbonyl (C=O) groups is 1. The maximum absolute atomic E-state index is 10.9. The number of nitro groups is 1. The standard InChI is InChI=1S/C12H16N2O5/c1-7(2)10(6-15)13-9-4-3-8(12(16)17)5-11(9)14(18)19/h3-5,7,10,13,15H,6H2,1-2H3,(H,16,17). The zero-order chi connectivity index (χ0) is 14.6. The van der Waals surface area contributed by atoms with Gasteiger partial charge in [-0.1, -0.05) is 13.8 Å². The molecular formula is C12H16N2O5. The molecule has 7 heteroatoms. The lowest BCUT2D eigenvalue weighted by atomic mass is 10.0. The van der Waals surface area contributed by atoms with Crippen molar-refractivity contribution in [1.29, 1.82) is 0 Å². The summed E-state index contributed by atoms with van der Waals surface area (Å²) in [5, 5.41) is 31.8. The van der Waals surface area contributed by atoms with Gasteiger partial charge in [-0.2, -0.15) is 0 Å². The van der Waals surface area contributed by atoms with Crippen LogP contribution in [0.25, 0.3) is 0 Å². The minimum atomic E-state index is -1.22. The maximum atomic E-state index is 10.9. The van der Waals surface area contributed by atoms with Gasteiger partial charge in [0.15, 0.2) is 0 Å². The second-order valence-corrected chi connectivity index (χ2v) is 4.47. The zero-order valence-corrected chi connectivity index (χ0v) is 10.7. The number of rotatable bonds is 6. The molecule has 0 aliphatic rings. The van der Waals surface area contributed by atoms with Crippen LogP contribution >= 0.6 is 0 Å². The highest BCUT2D eigenvalue weighted by Crippen LogP contribution is 2.27. The normalized spacial score (nSPS) is 12.2. The Balaban J connectivity index is 3.13. The highest BCUT2D eigenvalue weighted by Gasteiger charge is 2.20. The quantitative estimate of drug-likeness (QED) is 0.535. The molecule has 0 radical (unpaired) electrons. The van der Waals surface area contributed by atoms with E-state index in [1.165, 1.54) is 12.1 Å². The Bertz CT molecular complexity index is 487. The van der Waals surface area contributed by atoms with Gasteiger partial charge in [0, 0.05) is 6.07 Å². The van der Waals surface area contributed by atoms with Gasteiger partial charge in [-0.15, -0.1) is 0 Å². The first-order valence-corrected chi connectivity index (χ1v) is 5.76. The fourth-order valence-electron chi connectivity index (χ4n) is 1.56. The third-order valence-electron chi connectivity index (χ3n) is 2.78. The van der Waals surface area contributed by atoms with Crippen LogP contribution in [0.3, 0.4) is 0 Å². The Morgan fingerprint density at radius 1 is 1.47 bits per heavy atom. The van der Waals surface area contributed by atoms with E-state index in [-0.39, 0.29) is 35.5 Å². The number of aliphatic hydroxyl groups excluding tert-OH is 1. The molecular weight excluding hydrogens is 252 g/mol. The van der Waals surface area contributed by atoms with Crippen molar-refractivity contribution in [3.8, 4) is 0 Å². The first kappa shape index (κ1) is 14.9. The number of carboxylic acids is 1. The molecule has 1 rings (SSSR count). The summed E-state index contributed by atoms with van der Waals surface area (Å²) >= 11 is 0. The molecule has 0 spiro atoms. The second-order valence-electron chi connectivity index (χ2n) is 4.47. The van der Waals surface area contributed by atoms with E-state index in [9.17, 15) is 20.0 Å². The van der Waals surface area contributed by atoms with Gasteiger partial charge in [0.05, 0.1) is 23.1 Å². The molecule has 3 N–H and O–H groups in total. The zero-order valence-electron chi connectivity index (χ0n) is 10.7. The van der Waals surface area contributed by atoms with E-state index in [4.69, 9.17) is 5.11 Å². The molecule has 0 fully saturated rings. The number of aromatic carboxylic acids is 1. The van der Waals surface area contributed by atoms with Crippen LogP contribution < -0.4 is 5.32 Å². The van der Waals surface area contributed by atoms with Crippen molar-refractivity contribution in [2.24, 2.45) is 5.92 Å². The molecule has 1 atom stereocenters. The molecule has 0 saturated heterocycles. The molecule has 0 aliphatic heterocycles. The molecule has 0 aromatic heterocycles. The van der Waals surface area contributed by atoms with Crippen molar-refractivity contribution in [2.45, 2.75) is 19.9 Å². The first-order valence-electron chi connectivity index (χ1n) is 5.76. The predicted octanol–water partition coefficient (Wildman–Crippen LogP) is 1.72. The highest BCUT2D eigenvalue weighted by molar-refractivity contribution is 5.89. The van der Waals surface area contributed by atoms with Gasteiger partial charge in [0.25, 0.3) is 5.69 Å². The number of benzene rings is 1. The largest absolute Gasteiger partial charge is 0.478 e. The average Bonchev–Trinajstić information content (AvgIpc) is 2.35. The first-order chi connectivity index (χ1) is 8.86. The molecule has 19 heavy (non-hydrogen) atoms. The number of nitrogens with one attached hydrogen (secondary N) is 1. The van der Waals surface area contributed by atoms with Crippen LogP contribution in [0.1, 0.15) is 24.2 Å². The second kappa shape index (κ2) is 6.14.